The molecule has 0 amide bonds. The van der Waals surface area contributed by atoms with Gasteiger partial charge in [-0.15, -0.1) is 0 Å². The van der Waals surface area contributed by atoms with E-state index < -0.39 is 4.51 Å². The molecular formula is C14H7BrN4O. The Hall–Kier alpha value is -2.75. The minimum absolute atomic E-state index is 0.0103. The number of hydrogen-bond acceptors (Lipinski definition) is 5. The molecule has 6 heteroatoms. The quantitative estimate of drug-likeness (QED) is 0.629. The molecule has 1 heterocycles. The third kappa shape index (κ3) is 1.91. The molecule has 1 aliphatic heterocycles. The van der Waals surface area contributed by atoms with E-state index in [-0.39, 0.29) is 22.6 Å². The van der Waals surface area contributed by atoms with Crippen molar-refractivity contribution in [2.75, 3.05) is 0 Å². The Morgan fingerprint density at radius 2 is 1.75 bits per heavy atom. The van der Waals surface area contributed by atoms with Crippen molar-refractivity contribution in [3.63, 3.8) is 0 Å². The van der Waals surface area contributed by atoms with E-state index >= 15 is 0 Å². The van der Waals surface area contributed by atoms with Crippen molar-refractivity contribution in [1.29, 1.82) is 15.8 Å². The van der Waals surface area contributed by atoms with E-state index in [4.69, 9.17) is 21.0 Å². The predicted molar refractivity (Wildman–Crippen MR) is 73.2 cm³/mol. The molecule has 20 heavy (non-hydrogen) atoms. The van der Waals surface area contributed by atoms with Gasteiger partial charge in [-0.05, 0) is 15.9 Å². The zero-order valence-corrected chi connectivity index (χ0v) is 11.7. The van der Waals surface area contributed by atoms with Crippen molar-refractivity contribution in [3.8, 4) is 18.2 Å². The molecule has 1 unspecified atom stereocenters. The van der Waals surface area contributed by atoms with Crippen molar-refractivity contribution < 1.29 is 4.74 Å². The Kier molecular flexibility index (Phi) is 3.48. The number of rotatable bonds is 1. The summed E-state index contributed by atoms with van der Waals surface area (Å²) < 4.78 is 4.23. The lowest BCUT2D eigenvalue weighted by Crippen LogP contribution is -2.22. The monoisotopic (exact) mass is 326 g/mol. The standard InChI is InChI=1S/C14H7BrN4O/c15-14(10-4-2-1-3-5-10)12(9(6-16)7-17)11(8-18)13(19)20-14/h1-5H,19H2. The lowest BCUT2D eigenvalue weighted by Gasteiger charge is -2.24. The van der Waals surface area contributed by atoms with E-state index in [9.17, 15) is 5.26 Å². The molecule has 0 radical (unpaired) electrons. The Labute approximate surface area is 123 Å². The number of ether oxygens (including phenoxy) is 1. The molecule has 1 aliphatic rings. The van der Waals surface area contributed by atoms with Crippen LogP contribution >= 0.6 is 15.9 Å². The summed E-state index contributed by atoms with van der Waals surface area (Å²) in [5.41, 5.74) is 6.23. The fourth-order valence-electron chi connectivity index (χ4n) is 1.93. The fourth-order valence-corrected chi connectivity index (χ4v) is 2.76. The molecule has 0 aromatic heterocycles. The van der Waals surface area contributed by atoms with Crippen LogP contribution in [0.1, 0.15) is 5.56 Å². The molecule has 1 aromatic rings. The summed E-state index contributed by atoms with van der Waals surface area (Å²) in [4.78, 5) is 0. The summed E-state index contributed by atoms with van der Waals surface area (Å²) in [5, 5.41) is 27.4. The zero-order valence-electron chi connectivity index (χ0n) is 10.1. The first-order valence-electron chi connectivity index (χ1n) is 5.47. The third-order valence-corrected chi connectivity index (χ3v) is 3.82. The van der Waals surface area contributed by atoms with Gasteiger partial charge in [0.05, 0.1) is 5.57 Å². The van der Waals surface area contributed by atoms with Crippen molar-refractivity contribution in [2.24, 2.45) is 5.73 Å². The summed E-state index contributed by atoms with van der Waals surface area (Å²) >= 11 is 3.37. The van der Waals surface area contributed by atoms with E-state index in [0.717, 1.165) is 0 Å². The Morgan fingerprint density at radius 1 is 1.15 bits per heavy atom. The molecule has 96 valence electrons. The van der Waals surface area contributed by atoms with Crippen molar-refractivity contribution in [1.82, 2.24) is 0 Å². The van der Waals surface area contributed by atoms with Crippen LogP contribution in [0.4, 0.5) is 0 Å². The molecule has 1 aromatic carbocycles. The maximum absolute atomic E-state index is 9.18. The second-order valence-corrected chi connectivity index (χ2v) is 5.00. The second-order valence-electron chi connectivity index (χ2n) is 3.89. The molecule has 2 rings (SSSR count). The second kappa shape index (κ2) is 5.09. The zero-order chi connectivity index (χ0) is 14.8. The van der Waals surface area contributed by atoms with Gasteiger partial charge in [0.2, 0.25) is 10.4 Å². The summed E-state index contributed by atoms with van der Waals surface area (Å²) in [7, 11) is 0. The van der Waals surface area contributed by atoms with Gasteiger partial charge in [-0.25, -0.2) is 0 Å². The highest BCUT2D eigenvalue weighted by Crippen LogP contribution is 2.50. The van der Waals surface area contributed by atoms with E-state index in [1.54, 1.807) is 36.4 Å². The first-order valence-corrected chi connectivity index (χ1v) is 6.26. The van der Waals surface area contributed by atoms with Gasteiger partial charge in [0.15, 0.2) is 0 Å². The highest BCUT2D eigenvalue weighted by atomic mass is 79.9. The number of hydrogen-bond donors (Lipinski definition) is 1. The number of nitriles is 3. The molecule has 0 fully saturated rings. The smallest absolute Gasteiger partial charge is 0.219 e. The topological polar surface area (TPSA) is 107 Å². The molecule has 0 spiro atoms. The first kappa shape index (κ1) is 13.7. The number of benzene rings is 1. The normalized spacial score (nSPS) is 20.6. The van der Waals surface area contributed by atoms with E-state index in [0.29, 0.717) is 5.56 Å². The van der Waals surface area contributed by atoms with Crippen LogP contribution in [-0.4, -0.2) is 0 Å². The van der Waals surface area contributed by atoms with E-state index in [2.05, 4.69) is 15.9 Å². The van der Waals surface area contributed by atoms with E-state index in [1.807, 2.05) is 12.1 Å². The SMILES string of the molecule is N#CC(C#N)=C1C(C#N)=C(N)OC1(Br)c1ccccc1. The van der Waals surface area contributed by atoms with Gasteiger partial charge in [-0.3, -0.25) is 0 Å². The summed E-state index contributed by atoms with van der Waals surface area (Å²) in [6, 6.07) is 14.3. The Morgan fingerprint density at radius 3 is 2.25 bits per heavy atom. The molecule has 0 aliphatic carbocycles. The summed E-state index contributed by atoms with van der Waals surface area (Å²) in [5.74, 6) is -0.119. The van der Waals surface area contributed by atoms with Crippen LogP contribution < -0.4 is 5.73 Å². The number of halogens is 1. The lowest BCUT2D eigenvalue weighted by molar-refractivity contribution is 0.140. The van der Waals surface area contributed by atoms with Gasteiger partial charge in [-0.2, -0.15) is 15.8 Å². The number of nitrogens with two attached hydrogens (primary N) is 1. The number of allylic oxidation sites excluding steroid dienone is 1. The van der Waals surface area contributed by atoms with Crippen LogP contribution in [0.15, 0.2) is 52.9 Å². The van der Waals surface area contributed by atoms with Crippen LogP contribution in [0.3, 0.4) is 0 Å². The van der Waals surface area contributed by atoms with Gasteiger partial charge in [-0.1, -0.05) is 30.3 Å². The van der Waals surface area contributed by atoms with Crippen LogP contribution in [0, 0.1) is 34.0 Å². The van der Waals surface area contributed by atoms with Gasteiger partial charge < -0.3 is 10.5 Å². The fraction of sp³-hybridized carbons (Fsp3) is 0.0714. The Balaban J connectivity index is 2.76. The van der Waals surface area contributed by atoms with Crippen molar-refractivity contribution >= 4 is 15.9 Å². The van der Waals surface area contributed by atoms with Gasteiger partial charge in [0.25, 0.3) is 0 Å². The summed E-state index contributed by atoms with van der Waals surface area (Å²) in [6.07, 6.45) is 0. The largest absolute Gasteiger partial charge is 0.451 e. The van der Waals surface area contributed by atoms with Gasteiger partial charge in [0, 0.05) is 5.56 Å². The van der Waals surface area contributed by atoms with Crippen molar-refractivity contribution in [3.05, 3.63) is 58.5 Å². The number of nitrogens with zero attached hydrogens (tertiary/aromatic N) is 3. The van der Waals surface area contributed by atoms with Crippen LogP contribution in [0.5, 0.6) is 0 Å². The lowest BCUT2D eigenvalue weighted by atomic mass is 9.94. The molecule has 0 saturated heterocycles. The maximum Gasteiger partial charge on any atom is 0.219 e. The van der Waals surface area contributed by atoms with Gasteiger partial charge in [0.1, 0.15) is 29.4 Å². The van der Waals surface area contributed by atoms with Crippen LogP contribution in [-0.2, 0) is 9.25 Å². The predicted octanol–water partition coefficient (Wildman–Crippen LogP) is 2.30. The van der Waals surface area contributed by atoms with Crippen molar-refractivity contribution in [2.45, 2.75) is 4.51 Å². The van der Waals surface area contributed by atoms with Crippen LogP contribution in [0.2, 0.25) is 0 Å². The molecule has 5 nitrogen and oxygen atoms in total. The number of alkyl halides is 1. The minimum atomic E-state index is -1.30. The highest BCUT2D eigenvalue weighted by molar-refractivity contribution is 9.09. The van der Waals surface area contributed by atoms with E-state index in [1.165, 1.54) is 0 Å². The highest BCUT2D eigenvalue weighted by Gasteiger charge is 2.47. The minimum Gasteiger partial charge on any atom is -0.451 e. The molecular weight excluding hydrogens is 320 g/mol. The first-order chi connectivity index (χ1) is 9.58. The maximum atomic E-state index is 9.18. The average Bonchev–Trinajstić information content (AvgIpc) is 2.73. The molecule has 1 atom stereocenters. The molecule has 2 N–H and O–H groups in total. The molecule has 0 saturated carbocycles. The third-order valence-electron chi connectivity index (χ3n) is 2.80. The Bertz CT molecular complexity index is 730. The van der Waals surface area contributed by atoms with Crippen LogP contribution in [0.25, 0.3) is 0 Å². The molecule has 0 bridgehead atoms. The van der Waals surface area contributed by atoms with Gasteiger partial charge >= 0.3 is 0 Å². The summed E-state index contributed by atoms with van der Waals surface area (Å²) in [6.45, 7) is 0. The average molecular weight is 327 g/mol.